The standard InChI is InChI=1S/C24H29N5O2S/c30-23(25-8-10-28-11-13-31-14-12-28)19-7-4-9-29(15-19)22-21-20(18-5-2-1-3-6-18)16-32-24(21)27-17-26-22/h1-3,5-6,16-17,19H,4,7-15H2,(H,25,30). The lowest BCUT2D eigenvalue weighted by Gasteiger charge is -2.33. The zero-order chi connectivity index (χ0) is 21.8. The molecule has 2 aromatic heterocycles. The van der Waals surface area contributed by atoms with Gasteiger partial charge < -0.3 is 15.0 Å². The summed E-state index contributed by atoms with van der Waals surface area (Å²) in [5.74, 6) is 1.08. The molecular weight excluding hydrogens is 422 g/mol. The minimum absolute atomic E-state index is 0.0164. The lowest BCUT2D eigenvalue weighted by molar-refractivity contribution is -0.125. The third kappa shape index (κ3) is 4.62. The van der Waals surface area contributed by atoms with Gasteiger partial charge >= 0.3 is 0 Å². The Bertz CT molecular complexity index is 1050. The fourth-order valence-electron chi connectivity index (χ4n) is 4.62. The van der Waals surface area contributed by atoms with E-state index < -0.39 is 0 Å². The maximum absolute atomic E-state index is 12.9. The van der Waals surface area contributed by atoms with Crippen molar-refractivity contribution >= 4 is 33.3 Å². The van der Waals surface area contributed by atoms with E-state index in [1.54, 1.807) is 17.7 Å². The van der Waals surface area contributed by atoms with Crippen molar-refractivity contribution in [2.75, 3.05) is 57.4 Å². The molecule has 0 radical (unpaired) electrons. The molecule has 5 rings (SSSR count). The summed E-state index contributed by atoms with van der Waals surface area (Å²) in [6.07, 6.45) is 3.55. The summed E-state index contributed by atoms with van der Waals surface area (Å²) >= 11 is 1.65. The summed E-state index contributed by atoms with van der Waals surface area (Å²) in [5, 5.41) is 6.42. The highest BCUT2D eigenvalue weighted by Crippen LogP contribution is 2.38. The van der Waals surface area contributed by atoms with Crippen LogP contribution in [0.5, 0.6) is 0 Å². The minimum atomic E-state index is -0.0164. The van der Waals surface area contributed by atoms with E-state index in [4.69, 9.17) is 4.74 Å². The van der Waals surface area contributed by atoms with Gasteiger partial charge in [-0.15, -0.1) is 11.3 Å². The van der Waals surface area contributed by atoms with E-state index in [0.717, 1.165) is 68.3 Å². The Morgan fingerprint density at radius 2 is 2.00 bits per heavy atom. The van der Waals surface area contributed by atoms with Crippen LogP contribution in [0.15, 0.2) is 42.0 Å². The Kier molecular flexibility index (Phi) is 6.61. The zero-order valence-electron chi connectivity index (χ0n) is 18.2. The van der Waals surface area contributed by atoms with Crippen molar-refractivity contribution in [2.24, 2.45) is 5.92 Å². The van der Waals surface area contributed by atoms with Gasteiger partial charge in [-0.25, -0.2) is 9.97 Å². The Balaban J connectivity index is 1.29. The van der Waals surface area contributed by atoms with Gasteiger partial charge in [0.05, 0.1) is 24.5 Å². The van der Waals surface area contributed by atoms with Gasteiger partial charge in [-0.2, -0.15) is 0 Å². The normalized spacial score (nSPS) is 19.9. The van der Waals surface area contributed by atoms with Crippen molar-refractivity contribution in [3.63, 3.8) is 0 Å². The maximum Gasteiger partial charge on any atom is 0.224 e. The van der Waals surface area contributed by atoms with Crippen LogP contribution in [0.2, 0.25) is 0 Å². The fourth-order valence-corrected chi connectivity index (χ4v) is 5.53. The molecule has 2 aliphatic heterocycles. The van der Waals surface area contributed by atoms with Gasteiger partial charge in [-0.1, -0.05) is 30.3 Å². The van der Waals surface area contributed by atoms with Crippen LogP contribution in [-0.2, 0) is 9.53 Å². The number of hydrogen-bond donors (Lipinski definition) is 1. The molecule has 3 aromatic rings. The minimum Gasteiger partial charge on any atom is -0.379 e. The zero-order valence-corrected chi connectivity index (χ0v) is 19.0. The van der Waals surface area contributed by atoms with Crippen molar-refractivity contribution in [1.29, 1.82) is 0 Å². The first-order valence-electron chi connectivity index (χ1n) is 11.4. The SMILES string of the molecule is O=C(NCCN1CCOCC1)C1CCCN(c2ncnc3scc(-c4ccccc4)c23)C1. The molecule has 1 amide bonds. The number of morpholine rings is 1. The first-order chi connectivity index (χ1) is 15.8. The molecule has 32 heavy (non-hydrogen) atoms. The van der Waals surface area contributed by atoms with Crippen LogP contribution in [0, 0.1) is 5.92 Å². The van der Waals surface area contributed by atoms with Crippen LogP contribution in [0.4, 0.5) is 5.82 Å². The van der Waals surface area contributed by atoms with Crippen LogP contribution in [0.1, 0.15) is 12.8 Å². The first-order valence-corrected chi connectivity index (χ1v) is 12.3. The van der Waals surface area contributed by atoms with Gasteiger partial charge in [0, 0.05) is 50.2 Å². The summed E-state index contributed by atoms with van der Waals surface area (Å²) in [6, 6.07) is 10.4. The quantitative estimate of drug-likeness (QED) is 0.621. The van der Waals surface area contributed by atoms with Crippen LogP contribution in [0.25, 0.3) is 21.3 Å². The van der Waals surface area contributed by atoms with Crippen LogP contribution in [0.3, 0.4) is 0 Å². The van der Waals surface area contributed by atoms with E-state index in [2.05, 4.69) is 54.7 Å². The number of rotatable bonds is 6. The molecule has 1 atom stereocenters. The maximum atomic E-state index is 12.9. The third-order valence-corrected chi connectivity index (χ3v) is 7.24. The molecule has 168 valence electrons. The van der Waals surface area contributed by atoms with Crippen LogP contribution >= 0.6 is 11.3 Å². The predicted molar refractivity (Wildman–Crippen MR) is 128 cm³/mol. The average Bonchev–Trinajstić information content (AvgIpc) is 3.30. The predicted octanol–water partition coefficient (Wildman–Crippen LogP) is 3.02. The molecule has 0 aliphatic carbocycles. The molecule has 2 saturated heterocycles. The molecule has 1 unspecified atom stereocenters. The van der Waals surface area contributed by atoms with E-state index in [1.807, 2.05) is 6.07 Å². The Morgan fingerprint density at radius 1 is 1.16 bits per heavy atom. The summed E-state index contributed by atoms with van der Waals surface area (Å²) in [6.45, 7) is 6.64. The molecule has 4 heterocycles. The third-order valence-electron chi connectivity index (χ3n) is 6.36. The molecule has 7 nitrogen and oxygen atoms in total. The lowest BCUT2D eigenvalue weighted by atomic mass is 9.96. The molecule has 1 aromatic carbocycles. The molecule has 0 saturated carbocycles. The van der Waals surface area contributed by atoms with Gasteiger partial charge in [0.2, 0.25) is 5.91 Å². The second-order valence-corrected chi connectivity index (χ2v) is 9.28. The van der Waals surface area contributed by atoms with Crippen molar-refractivity contribution in [2.45, 2.75) is 12.8 Å². The van der Waals surface area contributed by atoms with Gasteiger partial charge in [0.15, 0.2) is 0 Å². The van der Waals surface area contributed by atoms with E-state index in [1.165, 1.54) is 11.1 Å². The van der Waals surface area contributed by atoms with E-state index >= 15 is 0 Å². The number of anilines is 1. The van der Waals surface area contributed by atoms with Crippen molar-refractivity contribution in [3.05, 3.63) is 42.0 Å². The lowest BCUT2D eigenvalue weighted by Crippen LogP contribution is -2.46. The largest absolute Gasteiger partial charge is 0.379 e. The number of amides is 1. The smallest absolute Gasteiger partial charge is 0.224 e. The molecule has 2 aliphatic rings. The number of nitrogens with zero attached hydrogens (tertiary/aromatic N) is 4. The van der Waals surface area contributed by atoms with Gasteiger partial charge in [-0.05, 0) is 18.4 Å². The van der Waals surface area contributed by atoms with Gasteiger partial charge in [0.1, 0.15) is 17.0 Å². The summed E-state index contributed by atoms with van der Waals surface area (Å²) in [5.41, 5.74) is 2.34. The number of carbonyl (C=O) groups excluding carboxylic acids is 1. The molecule has 2 fully saturated rings. The van der Waals surface area contributed by atoms with Crippen molar-refractivity contribution < 1.29 is 9.53 Å². The first kappa shape index (κ1) is 21.3. The highest BCUT2D eigenvalue weighted by atomic mass is 32.1. The molecule has 1 N–H and O–H groups in total. The highest BCUT2D eigenvalue weighted by Gasteiger charge is 2.28. The second-order valence-electron chi connectivity index (χ2n) is 8.42. The van der Waals surface area contributed by atoms with E-state index in [-0.39, 0.29) is 11.8 Å². The number of thiophene rings is 1. The number of fused-ring (bicyclic) bond motifs is 1. The van der Waals surface area contributed by atoms with Crippen molar-refractivity contribution in [1.82, 2.24) is 20.2 Å². The monoisotopic (exact) mass is 451 g/mol. The number of piperidine rings is 1. The molecule has 8 heteroatoms. The van der Waals surface area contributed by atoms with Crippen molar-refractivity contribution in [3.8, 4) is 11.1 Å². The highest BCUT2D eigenvalue weighted by molar-refractivity contribution is 7.17. The summed E-state index contributed by atoms with van der Waals surface area (Å²) in [4.78, 5) is 27.7. The molecule has 0 bridgehead atoms. The number of aromatic nitrogens is 2. The number of ether oxygens (including phenoxy) is 1. The molecule has 0 spiro atoms. The van der Waals surface area contributed by atoms with Gasteiger partial charge in [0.25, 0.3) is 0 Å². The van der Waals surface area contributed by atoms with Crippen LogP contribution < -0.4 is 10.2 Å². The summed E-state index contributed by atoms with van der Waals surface area (Å²) in [7, 11) is 0. The Morgan fingerprint density at radius 3 is 2.84 bits per heavy atom. The number of hydrogen-bond acceptors (Lipinski definition) is 7. The van der Waals surface area contributed by atoms with Gasteiger partial charge in [-0.3, -0.25) is 9.69 Å². The summed E-state index contributed by atoms with van der Waals surface area (Å²) < 4.78 is 5.39. The van der Waals surface area contributed by atoms with E-state index in [0.29, 0.717) is 13.1 Å². The Labute approximate surface area is 192 Å². The number of carbonyl (C=O) groups is 1. The topological polar surface area (TPSA) is 70.6 Å². The number of nitrogens with one attached hydrogen (secondary N) is 1. The van der Waals surface area contributed by atoms with E-state index in [9.17, 15) is 4.79 Å². The molecular formula is C24H29N5O2S. The number of benzene rings is 1. The second kappa shape index (κ2) is 9.94. The van der Waals surface area contributed by atoms with Crippen LogP contribution in [-0.4, -0.2) is 73.3 Å². The Hall–Kier alpha value is -2.55. The average molecular weight is 452 g/mol. The fraction of sp³-hybridized carbons (Fsp3) is 0.458.